The minimum absolute atomic E-state index is 0.0650. The van der Waals surface area contributed by atoms with Crippen LogP contribution in [0.2, 0.25) is 5.02 Å². The van der Waals surface area contributed by atoms with E-state index in [0.717, 1.165) is 18.5 Å². The molecule has 2 fully saturated rings. The minimum Gasteiger partial charge on any atom is -0.493 e. The molecule has 0 aliphatic carbocycles. The van der Waals surface area contributed by atoms with Gasteiger partial charge in [0.1, 0.15) is 5.75 Å². The average Bonchev–Trinajstić information content (AvgIpc) is 3.32. The number of carbonyl (C=O) groups excluding carboxylic acids is 2. The lowest BCUT2D eigenvalue weighted by molar-refractivity contribution is -0.139. The summed E-state index contributed by atoms with van der Waals surface area (Å²) in [7, 11) is 0. The fraction of sp³-hybridized carbons (Fsp3) is 0.542. The van der Waals surface area contributed by atoms with Gasteiger partial charge in [0.25, 0.3) is 5.91 Å². The molecular formula is C24H30ClN3O5. The summed E-state index contributed by atoms with van der Waals surface area (Å²) in [6.07, 6.45) is 2.55. The maximum atomic E-state index is 13.2. The molecule has 0 radical (unpaired) electrons. The highest BCUT2D eigenvalue weighted by Gasteiger charge is 2.41. The number of hydrogen-bond acceptors (Lipinski definition) is 6. The Kier molecular flexibility index (Phi) is 7.55. The predicted molar refractivity (Wildman–Crippen MR) is 122 cm³/mol. The molecule has 178 valence electrons. The largest absolute Gasteiger partial charge is 0.493 e. The smallest absolute Gasteiger partial charge is 0.292 e. The van der Waals surface area contributed by atoms with E-state index in [0.29, 0.717) is 69.6 Å². The van der Waals surface area contributed by atoms with Crippen molar-refractivity contribution in [1.82, 2.24) is 15.0 Å². The SMILES string of the molecule is CCc1cc(C(=O)N2CCC[C@](COc3cccc(Cl)c3)(CC(=O)N3CCOCC3)C2)on1. The fourth-order valence-corrected chi connectivity index (χ4v) is 4.65. The molecule has 2 aromatic rings. The summed E-state index contributed by atoms with van der Waals surface area (Å²) in [5.74, 6) is 0.743. The average molecular weight is 476 g/mol. The maximum Gasteiger partial charge on any atom is 0.292 e. The number of ether oxygens (including phenoxy) is 2. The topological polar surface area (TPSA) is 85.1 Å². The van der Waals surface area contributed by atoms with Crippen molar-refractivity contribution in [2.24, 2.45) is 5.41 Å². The van der Waals surface area contributed by atoms with E-state index in [1.807, 2.05) is 24.0 Å². The van der Waals surface area contributed by atoms with E-state index < -0.39 is 5.41 Å². The summed E-state index contributed by atoms with van der Waals surface area (Å²) < 4.78 is 16.8. The van der Waals surface area contributed by atoms with E-state index in [9.17, 15) is 9.59 Å². The van der Waals surface area contributed by atoms with Gasteiger partial charge in [0.05, 0.1) is 25.5 Å². The number of piperidine rings is 1. The minimum atomic E-state index is -0.515. The first-order chi connectivity index (χ1) is 16.0. The second-order valence-corrected chi connectivity index (χ2v) is 9.22. The van der Waals surface area contributed by atoms with Crippen LogP contribution in [0.3, 0.4) is 0 Å². The Morgan fingerprint density at radius 1 is 1.18 bits per heavy atom. The molecule has 3 heterocycles. The molecule has 2 aliphatic heterocycles. The van der Waals surface area contributed by atoms with E-state index in [2.05, 4.69) is 5.16 Å². The molecule has 1 aromatic carbocycles. The Balaban J connectivity index is 1.52. The third-order valence-corrected chi connectivity index (χ3v) is 6.55. The number of hydrogen-bond donors (Lipinski definition) is 0. The van der Waals surface area contributed by atoms with Crippen LogP contribution in [-0.2, 0) is 16.0 Å². The van der Waals surface area contributed by atoms with Gasteiger partial charge in [-0.2, -0.15) is 0 Å². The van der Waals surface area contributed by atoms with E-state index in [1.54, 1.807) is 23.1 Å². The number of nitrogens with zero attached hydrogens (tertiary/aromatic N) is 3. The summed E-state index contributed by atoms with van der Waals surface area (Å²) in [6.45, 7) is 5.55. The van der Waals surface area contributed by atoms with Gasteiger partial charge in [-0.05, 0) is 37.5 Å². The zero-order valence-corrected chi connectivity index (χ0v) is 19.7. The van der Waals surface area contributed by atoms with Crippen LogP contribution in [0.5, 0.6) is 5.75 Å². The highest BCUT2D eigenvalue weighted by atomic mass is 35.5. The Bertz CT molecular complexity index is 975. The normalized spacial score (nSPS) is 21.2. The highest BCUT2D eigenvalue weighted by molar-refractivity contribution is 6.30. The Hall–Kier alpha value is -2.58. The molecule has 0 spiro atoms. The van der Waals surface area contributed by atoms with Crippen molar-refractivity contribution in [2.75, 3.05) is 46.0 Å². The van der Waals surface area contributed by atoms with E-state index in [4.69, 9.17) is 25.6 Å². The number of amides is 2. The molecule has 2 aliphatic rings. The first kappa shape index (κ1) is 23.6. The molecule has 33 heavy (non-hydrogen) atoms. The van der Waals surface area contributed by atoms with Crippen LogP contribution in [0.25, 0.3) is 0 Å². The number of carbonyl (C=O) groups is 2. The Morgan fingerprint density at radius 3 is 2.73 bits per heavy atom. The molecule has 0 saturated carbocycles. The van der Waals surface area contributed by atoms with Crippen LogP contribution >= 0.6 is 11.6 Å². The first-order valence-corrected chi connectivity index (χ1v) is 11.8. The molecule has 8 nitrogen and oxygen atoms in total. The van der Waals surface area contributed by atoms with Crippen LogP contribution in [-0.4, -0.2) is 72.8 Å². The van der Waals surface area contributed by atoms with Crippen LogP contribution in [0.15, 0.2) is 34.9 Å². The van der Waals surface area contributed by atoms with Crippen LogP contribution in [0.4, 0.5) is 0 Å². The molecule has 0 bridgehead atoms. The van der Waals surface area contributed by atoms with Gasteiger partial charge in [-0.25, -0.2) is 0 Å². The maximum absolute atomic E-state index is 13.2. The van der Waals surface area contributed by atoms with Crippen molar-refractivity contribution in [3.05, 3.63) is 46.8 Å². The molecule has 2 amide bonds. The zero-order valence-electron chi connectivity index (χ0n) is 18.9. The van der Waals surface area contributed by atoms with Crippen LogP contribution in [0.1, 0.15) is 42.4 Å². The standard InChI is InChI=1S/C24H30ClN3O5/c1-2-19-14-21(33-26-19)23(30)28-8-4-7-24(16-28,15-22(29)27-9-11-31-12-10-27)17-32-20-6-3-5-18(25)13-20/h3,5-6,13-14H,2,4,7-12,15-17H2,1H3/t24-/m0/s1. The molecule has 1 atom stereocenters. The molecule has 4 rings (SSSR count). The molecule has 0 unspecified atom stereocenters. The number of likely N-dealkylation sites (tertiary alicyclic amines) is 1. The van der Waals surface area contributed by atoms with E-state index >= 15 is 0 Å². The van der Waals surface area contributed by atoms with Crippen LogP contribution < -0.4 is 4.74 Å². The zero-order chi connectivity index (χ0) is 23.3. The molecule has 9 heteroatoms. The van der Waals surface area contributed by atoms with Gasteiger partial charge < -0.3 is 23.8 Å². The summed E-state index contributed by atoms with van der Waals surface area (Å²) in [5, 5.41) is 4.53. The summed E-state index contributed by atoms with van der Waals surface area (Å²) in [6, 6.07) is 8.91. The lowest BCUT2D eigenvalue weighted by Crippen LogP contribution is -2.52. The van der Waals surface area contributed by atoms with Crippen molar-refractivity contribution >= 4 is 23.4 Å². The van der Waals surface area contributed by atoms with Crippen molar-refractivity contribution in [1.29, 1.82) is 0 Å². The van der Waals surface area contributed by atoms with E-state index in [-0.39, 0.29) is 17.6 Å². The number of halogens is 1. The van der Waals surface area contributed by atoms with Crippen molar-refractivity contribution < 1.29 is 23.6 Å². The third kappa shape index (κ3) is 5.86. The number of morpholine rings is 1. The Morgan fingerprint density at radius 2 is 2.00 bits per heavy atom. The number of aromatic nitrogens is 1. The quantitative estimate of drug-likeness (QED) is 0.609. The van der Waals surface area contributed by atoms with Crippen molar-refractivity contribution in [3.8, 4) is 5.75 Å². The van der Waals surface area contributed by atoms with Crippen molar-refractivity contribution in [2.45, 2.75) is 32.6 Å². The van der Waals surface area contributed by atoms with Gasteiger partial charge in [-0.15, -0.1) is 0 Å². The molecule has 1 aromatic heterocycles. The highest BCUT2D eigenvalue weighted by Crippen LogP contribution is 2.36. The first-order valence-electron chi connectivity index (χ1n) is 11.5. The van der Waals surface area contributed by atoms with E-state index in [1.165, 1.54) is 0 Å². The van der Waals surface area contributed by atoms with Gasteiger partial charge in [0.15, 0.2) is 0 Å². The lowest BCUT2D eigenvalue weighted by atomic mass is 9.77. The summed E-state index contributed by atoms with van der Waals surface area (Å²) >= 11 is 6.11. The monoisotopic (exact) mass is 475 g/mol. The molecule has 2 saturated heterocycles. The third-order valence-electron chi connectivity index (χ3n) is 6.31. The summed E-state index contributed by atoms with van der Waals surface area (Å²) in [5.41, 5.74) is 0.229. The van der Waals surface area contributed by atoms with Gasteiger partial charge in [-0.3, -0.25) is 9.59 Å². The Labute approximate surface area is 198 Å². The van der Waals surface area contributed by atoms with Gasteiger partial charge in [0, 0.05) is 49.1 Å². The van der Waals surface area contributed by atoms with Crippen molar-refractivity contribution in [3.63, 3.8) is 0 Å². The fourth-order valence-electron chi connectivity index (χ4n) is 4.47. The summed E-state index contributed by atoms with van der Waals surface area (Å²) in [4.78, 5) is 29.9. The second kappa shape index (κ2) is 10.6. The molecular weight excluding hydrogens is 446 g/mol. The number of rotatable bonds is 7. The van der Waals surface area contributed by atoms with Gasteiger partial charge >= 0.3 is 0 Å². The van der Waals surface area contributed by atoms with Crippen LogP contribution in [0, 0.1) is 5.41 Å². The number of benzene rings is 1. The predicted octanol–water partition coefficient (Wildman–Crippen LogP) is 3.44. The second-order valence-electron chi connectivity index (χ2n) is 8.78. The number of aryl methyl sites for hydroxylation is 1. The molecule has 0 N–H and O–H groups in total. The lowest BCUT2D eigenvalue weighted by Gasteiger charge is -2.43. The van der Waals surface area contributed by atoms with Gasteiger partial charge in [0.2, 0.25) is 11.7 Å². The van der Waals surface area contributed by atoms with Gasteiger partial charge in [-0.1, -0.05) is 29.7 Å².